The molecule has 1 saturated heterocycles. The first-order chi connectivity index (χ1) is 10.9. The lowest BCUT2D eigenvalue weighted by Crippen LogP contribution is -2.37. The molecule has 1 aliphatic carbocycles. The molecule has 2 heterocycles. The molecule has 1 saturated carbocycles. The van der Waals surface area contributed by atoms with Crippen LogP contribution in [0, 0.1) is 0 Å². The third kappa shape index (κ3) is 4.08. The Morgan fingerprint density at radius 2 is 2.26 bits per heavy atom. The van der Waals surface area contributed by atoms with E-state index in [1.807, 2.05) is 31.1 Å². The maximum atomic E-state index is 14.7. The fourth-order valence-electron chi connectivity index (χ4n) is 3.16. The molecule has 126 valence electrons. The number of nitrogens with one attached hydrogen (secondary N) is 2. The molecule has 5 nitrogen and oxygen atoms in total. The average molecular weight is 385 g/mol. The van der Waals surface area contributed by atoms with E-state index in [1.165, 1.54) is 0 Å². The molecule has 0 bridgehead atoms. The molecule has 0 radical (unpaired) electrons. The van der Waals surface area contributed by atoms with Crippen LogP contribution in [0.2, 0.25) is 0 Å². The van der Waals surface area contributed by atoms with Gasteiger partial charge in [-0.3, -0.25) is 4.79 Å². The smallest absolute Gasteiger partial charge is 0.242 e. The van der Waals surface area contributed by atoms with E-state index >= 15 is 0 Å². The van der Waals surface area contributed by atoms with Crippen molar-refractivity contribution in [2.75, 3.05) is 32.5 Å². The third-order valence-corrected chi connectivity index (χ3v) is 4.74. The van der Waals surface area contributed by atoms with E-state index in [2.05, 4.69) is 31.5 Å². The van der Waals surface area contributed by atoms with Crippen LogP contribution in [0.4, 0.5) is 10.2 Å². The first kappa shape index (κ1) is 16.8. The maximum Gasteiger partial charge on any atom is 0.242 e. The van der Waals surface area contributed by atoms with Gasteiger partial charge in [-0.15, -0.1) is 0 Å². The largest absolute Gasteiger partial charge is 0.309 e. The minimum Gasteiger partial charge on any atom is -0.309 e. The summed E-state index contributed by atoms with van der Waals surface area (Å²) < 4.78 is 15.4. The van der Waals surface area contributed by atoms with Crippen molar-refractivity contribution >= 4 is 27.7 Å². The number of hydrogen-bond acceptors (Lipinski definition) is 4. The average Bonchev–Trinajstić information content (AvgIpc) is 3.21. The summed E-state index contributed by atoms with van der Waals surface area (Å²) in [5.74, 6) is 0.866. The zero-order valence-electron chi connectivity index (χ0n) is 13.4. The Hall–Kier alpha value is -1.05. The monoisotopic (exact) mass is 384 g/mol. The minimum absolute atomic E-state index is 0.184. The highest BCUT2D eigenvalue weighted by atomic mass is 79.9. The van der Waals surface area contributed by atoms with Gasteiger partial charge in [0.25, 0.3) is 0 Å². The van der Waals surface area contributed by atoms with Crippen LogP contribution in [0.3, 0.4) is 0 Å². The fraction of sp³-hybridized carbons (Fsp3) is 0.625. The Bertz CT molecular complexity index is 608. The highest BCUT2D eigenvalue weighted by Crippen LogP contribution is 2.43. The van der Waals surface area contributed by atoms with E-state index in [-0.39, 0.29) is 18.9 Å². The van der Waals surface area contributed by atoms with Gasteiger partial charge in [0.2, 0.25) is 5.91 Å². The van der Waals surface area contributed by atoms with Gasteiger partial charge in [0, 0.05) is 19.5 Å². The molecule has 0 spiro atoms. The van der Waals surface area contributed by atoms with Gasteiger partial charge in [-0.25, -0.2) is 9.37 Å². The number of alkyl halides is 1. The van der Waals surface area contributed by atoms with Crippen molar-refractivity contribution in [3.05, 3.63) is 22.3 Å². The minimum atomic E-state index is -1.37. The molecule has 1 aliphatic heterocycles. The van der Waals surface area contributed by atoms with Crippen molar-refractivity contribution in [3.8, 4) is 0 Å². The molecule has 0 aromatic carbocycles. The number of carbonyl (C=O) groups is 1. The first-order valence-electron chi connectivity index (χ1n) is 7.91. The molecule has 2 fully saturated rings. The van der Waals surface area contributed by atoms with Crippen LogP contribution in [0.15, 0.2) is 16.7 Å². The Morgan fingerprint density at radius 1 is 1.52 bits per heavy atom. The molecule has 2 unspecified atom stereocenters. The normalized spacial score (nSPS) is 27.4. The molecule has 23 heavy (non-hydrogen) atoms. The summed E-state index contributed by atoms with van der Waals surface area (Å²) in [6.45, 7) is 0.511. The van der Waals surface area contributed by atoms with Gasteiger partial charge in [0.05, 0.1) is 6.04 Å². The quantitative estimate of drug-likeness (QED) is 0.764. The van der Waals surface area contributed by atoms with E-state index in [1.54, 1.807) is 0 Å². The number of pyridine rings is 1. The number of carbonyl (C=O) groups excluding carboxylic acids is 1. The van der Waals surface area contributed by atoms with Gasteiger partial charge < -0.3 is 15.5 Å². The molecule has 2 atom stereocenters. The number of aromatic nitrogens is 1. The lowest BCUT2D eigenvalue weighted by atomic mass is 10.0. The van der Waals surface area contributed by atoms with Crippen LogP contribution in [-0.4, -0.2) is 54.7 Å². The number of anilines is 1. The Kier molecular flexibility index (Phi) is 4.71. The second-order valence-electron chi connectivity index (χ2n) is 6.86. The fourth-order valence-corrected chi connectivity index (χ4v) is 3.47. The van der Waals surface area contributed by atoms with Crippen molar-refractivity contribution < 1.29 is 9.18 Å². The molecule has 1 aromatic rings. The summed E-state index contributed by atoms with van der Waals surface area (Å²) in [6.07, 6.45) is 2.44. The Morgan fingerprint density at radius 3 is 2.91 bits per heavy atom. The molecule has 7 heteroatoms. The van der Waals surface area contributed by atoms with Crippen molar-refractivity contribution in [1.29, 1.82) is 0 Å². The summed E-state index contributed by atoms with van der Waals surface area (Å²) in [4.78, 5) is 18.7. The number of amides is 1. The van der Waals surface area contributed by atoms with E-state index in [0.29, 0.717) is 22.9 Å². The van der Waals surface area contributed by atoms with E-state index in [9.17, 15) is 9.18 Å². The third-order valence-electron chi connectivity index (χ3n) is 4.30. The Balaban J connectivity index is 1.67. The second kappa shape index (κ2) is 6.45. The lowest BCUT2D eigenvalue weighted by Gasteiger charge is -2.22. The molecule has 2 aliphatic rings. The van der Waals surface area contributed by atoms with Crippen LogP contribution < -0.4 is 10.6 Å². The molecule has 1 amide bonds. The second-order valence-corrected chi connectivity index (χ2v) is 7.67. The highest BCUT2D eigenvalue weighted by molar-refractivity contribution is 9.10. The zero-order valence-corrected chi connectivity index (χ0v) is 15.0. The summed E-state index contributed by atoms with van der Waals surface area (Å²) in [7, 11) is 3.67. The van der Waals surface area contributed by atoms with Gasteiger partial charge in [-0.1, -0.05) is 6.07 Å². The van der Waals surface area contributed by atoms with Crippen LogP contribution >= 0.6 is 15.9 Å². The summed E-state index contributed by atoms with van der Waals surface area (Å²) in [5, 5.41) is 5.88. The van der Waals surface area contributed by atoms with E-state index in [4.69, 9.17) is 0 Å². The predicted molar refractivity (Wildman–Crippen MR) is 91.3 cm³/mol. The van der Waals surface area contributed by atoms with Crippen molar-refractivity contribution in [1.82, 2.24) is 15.2 Å². The highest BCUT2D eigenvalue weighted by Gasteiger charge is 2.42. The summed E-state index contributed by atoms with van der Waals surface area (Å²) in [5.41, 5.74) is -0.297. The van der Waals surface area contributed by atoms with Crippen LogP contribution in [0.5, 0.6) is 0 Å². The Labute approximate surface area is 144 Å². The first-order valence-corrected chi connectivity index (χ1v) is 8.70. The van der Waals surface area contributed by atoms with Crippen LogP contribution in [-0.2, 0) is 4.79 Å². The molecule has 2 N–H and O–H groups in total. The van der Waals surface area contributed by atoms with E-state index < -0.39 is 11.7 Å². The van der Waals surface area contributed by atoms with Gasteiger partial charge in [-0.2, -0.15) is 0 Å². The van der Waals surface area contributed by atoms with Gasteiger partial charge in [0.15, 0.2) is 0 Å². The van der Waals surface area contributed by atoms with Gasteiger partial charge in [0.1, 0.15) is 16.1 Å². The topological polar surface area (TPSA) is 57.3 Å². The number of nitrogens with zero attached hydrogens (tertiary/aromatic N) is 2. The van der Waals surface area contributed by atoms with Crippen LogP contribution in [0.25, 0.3) is 0 Å². The predicted octanol–water partition coefficient (Wildman–Crippen LogP) is 2.29. The maximum absolute atomic E-state index is 14.7. The number of rotatable bonds is 5. The SMILES string of the molecule is CN(C)CC1(F)CNC(C(=O)Nc2nc(Br)ccc2C2CC2)C1. The lowest BCUT2D eigenvalue weighted by molar-refractivity contribution is -0.118. The summed E-state index contributed by atoms with van der Waals surface area (Å²) in [6, 6.07) is 3.37. The van der Waals surface area contributed by atoms with E-state index in [0.717, 1.165) is 18.4 Å². The van der Waals surface area contributed by atoms with Gasteiger partial charge in [-0.05, 0) is 60.4 Å². The zero-order chi connectivity index (χ0) is 16.6. The summed E-state index contributed by atoms with van der Waals surface area (Å²) >= 11 is 3.34. The number of halogens is 2. The van der Waals surface area contributed by atoms with Crippen molar-refractivity contribution in [2.24, 2.45) is 0 Å². The van der Waals surface area contributed by atoms with Crippen molar-refractivity contribution in [2.45, 2.75) is 36.9 Å². The number of hydrogen-bond donors (Lipinski definition) is 2. The van der Waals surface area contributed by atoms with Crippen LogP contribution in [0.1, 0.15) is 30.7 Å². The standard InChI is InChI=1S/C16H22BrFN4O/c1-22(2)9-16(18)7-12(19-8-16)15(23)21-14-11(10-3-4-10)5-6-13(17)20-14/h5-6,10,12,19H,3-4,7-9H2,1-2H3,(H,20,21,23). The molecule has 1 aromatic heterocycles. The molecular weight excluding hydrogens is 363 g/mol. The molecular formula is C16H22BrFN4O. The van der Waals surface area contributed by atoms with Gasteiger partial charge >= 0.3 is 0 Å². The molecule has 3 rings (SSSR count). The van der Waals surface area contributed by atoms with Crippen molar-refractivity contribution in [3.63, 3.8) is 0 Å².